The van der Waals surface area contributed by atoms with Crippen LogP contribution < -0.4 is 5.32 Å². The van der Waals surface area contributed by atoms with E-state index in [-0.39, 0.29) is 0 Å². The zero-order chi connectivity index (χ0) is 11.4. The van der Waals surface area contributed by atoms with E-state index in [0.717, 1.165) is 25.5 Å². The van der Waals surface area contributed by atoms with E-state index in [4.69, 9.17) is 0 Å². The fraction of sp³-hybridized carbons (Fsp3) is 0.750. The summed E-state index contributed by atoms with van der Waals surface area (Å²) >= 11 is 0. The highest BCUT2D eigenvalue weighted by Gasteiger charge is 2.15. The first kappa shape index (κ1) is 11.6. The summed E-state index contributed by atoms with van der Waals surface area (Å²) in [7, 11) is 2.06. The molecule has 4 nitrogen and oxygen atoms in total. The van der Waals surface area contributed by atoms with Gasteiger partial charge in [0.05, 0.1) is 6.54 Å². The lowest BCUT2D eigenvalue weighted by Gasteiger charge is -2.19. The number of nitrogens with zero attached hydrogens (tertiary/aromatic N) is 3. The Morgan fingerprint density at radius 2 is 2.38 bits per heavy atom. The van der Waals surface area contributed by atoms with Crippen LogP contribution >= 0.6 is 0 Å². The second-order valence-electron chi connectivity index (χ2n) is 4.58. The van der Waals surface area contributed by atoms with E-state index >= 15 is 0 Å². The molecule has 1 atom stereocenters. The number of rotatable bonds is 3. The quantitative estimate of drug-likeness (QED) is 0.828. The van der Waals surface area contributed by atoms with Gasteiger partial charge in [0, 0.05) is 45.1 Å². The van der Waals surface area contributed by atoms with Crippen molar-refractivity contribution in [2.45, 2.75) is 32.4 Å². The van der Waals surface area contributed by atoms with Crippen LogP contribution in [0, 0.1) is 0 Å². The summed E-state index contributed by atoms with van der Waals surface area (Å²) in [5.74, 6) is 1.16. The largest absolute Gasteiger partial charge is 0.337 e. The smallest absolute Gasteiger partial charge is 0.122 e. The van der Waals surface area contributed by atoms with Crippen molar-refractivity contribution in [3.8, 4) is 0 Å². The number of aromatic nitrogens is 2. The summed E-state index contributed by atoms with van der Waals surface area (Å²) in [6.07, 6.45) is 6.37. The molecule has 1 fully saturated rings. The van der Waals surface area contributed by atoms with Crippen LogP contribution in [0.25, 0.3) is 0 Å². The molecule has 1 aromatic rings. The first-order valence-corrected chi connectivity index (χ1v) is 6.21. The Kier molecular flexibility index (Phi) is 3.96. The van der Waals surface area contributed by atoms with Crippen molar-refractivity contribution in [2.24, 2.45) is 7.05 Å². The molecule has 0 radical (unpaired) electrons. The van der Waals surface area contributed by atoms with Crippen molar-refractivity contribution < 1.29 is 0 Å². The molecular weight excluding hydrogens is 200 g/mol. The lowest BCUT2D eigenvalue weighted by molar-refractivity contribution is 0.272. The van der Waals surface area contributed by atoms with Crippen LogP contribution in [-0.4, -0.2) is 40.1 Å². The minimum absolute atomic E-state index is 0.700. The minimum Gasteiger partial charge on any atom is -0.337 e. The van der Waals surface area contributed by atoms with Crippen LogP contribution in [-0.2, 0) is 13.6 Å². The molecule has 16 heavy (non-hydrogen) atoms. The number of nitrogens with one attached hydrogen (secondary N) is 1. The molecule has 2 rings (SSSR count). The molecule has 1 N–H and O–H groups in total. The predicted octanol–water partition coefficient (Wildman–Crippen LogP) is 0.994. The summed E-state index contributed by atoms with van der Waals surface area (Å²) in [5, 5.41) is 3.59. The van der Waals surface area contributed by atoms with Crippen LogP contribution in [0.4, 0.5) is 0 Å². The minimum atomic E-state index is 0.700. The molecule has 1 saturated heterocycles. The average molecular weight is 222 g/mol. The molecule has 4 heteroatoms. The fourth-order valence-corrected chi connectivity index (χ4v) is 2.23. The summed E-state index contributed by atoms with van der Waals surface area (Å²) in [4.78, 5) is 6.87. The van der Waals surface area contributed by atoms with E-state index in [1.54, 1.807) is 0 Å². The van der Waals surface area contributed by atoms with Gasteiger partial charge in [0.2, 0.25) is 0 Å². The second-order valence-corrected chi connectivity index (χ2v) is 4.58. The molecule has 0 amide bonds. The van der Waals surface area contributed by atoms with Crippen molar-refractivity contribution in [1.29, 1.82) is 0 Å². The first-order chi connectivity index (χ1) is 7.79. The highest BCUT2D eigenvalue weighted by Crippen LogP contribution is 2.08. The molecule has 1 aromatic heterocycles. The summed E-state index contributed by atoms with van der Waals surface area (Å²) < 4.78 is 2.11. The van der Waals surface area contributed by atoms with Gasteiger partial charge in [-0.1, -0.05) is 6.92 Å². The van der Waals surface area contributed by atoms with Gasteiger partial charge >= 0.3 is 0 Å². The fourth-order valence-electron chi connectivity index (χ4n) is 2.23. The third-order valence-electron chi connectivity index (χ3n) is 3.43. The lowest BCUT2D eigenvalue weighted by Crippen LogP contribution is -2.30. The maximum absolute atomic E-state index is 4.38. The van der Waals surface area contributed by atoms with Gasteiger partial charge < -0.3 is 9.88 Å². The zero-order valence-corrected chi connectivity index (χ0v) is 10.3. The van der Waals surface area contributed by atoms with E-state index in [1.165, 1.54) is 19.4 Å². The Balaban J connectivity index is 1.89. The van der Waals surface area contributed by atoms with E-state index < -0.39 is 0 Å². The number of aryl methyl sites for hydroxylation is 1. The molecule has 0 saturated carbocycles. The number of hydrogen-bond acceptors (Lipinski definition) is 3. The van der Waals surface area contributed by atoms with Crippen molar-refractivity contribution in [3.05, 3.63) is 18.2 Å². The summed E-state index contributed by atoms with van der Waals surface area (Å²) in [5.41, 5.74) is 0. The van der Waals surface area contributed by atoms with Gasteiger partial charge in [0.15, 0.2) is 0 Å². The van der Waals surface area contributed by atoms with Crippen LogP contribution in [0.5, 0.6) is 0 Å². The molecular formula is C12H22N4. The molecule has 1 aliphatic heterocycles. The van der Waals surface area contributed by atoms with Crippen molar-refractivity contribution in [2.75, 3.05) is 19.6 Å². The van der Waals surface area contributed by atoms with E-state index in [9.17, 15) is 0 Å². The Morgan fingerprint density at radius 1 is 1.50 bits per heavy atom. The Morgan fingerprint density at radius 3 is 3.06 bits per heavy atom. The second kappa shape index (κ2) is 5.46. The van der Waals surface area contributed by atoms with E-state index in [0.29, 0.717) is 6.04 Å². The Bertz CT molecular complexity index is 321. The number of hydrogen-bond donors (Lipinski definition) is 1. The van der Waals surface area contributed by atoms with E-state index in [2.05, 4.69) is 33.7 Å². The molecule has 0 aromatic carbocycles. The summed E-state index contributed by atoms with van der Waals surface area (Å²) in [6.45, 7) is 6.64. The third-order valence-corrected chi connectivity index (χ3v) is 3.43. The van der Waals surface area contributed by atoms with Gasteiger partial charge in [-0.25, -0.2) is 4.98 Å². The van der Waals surface area contributed by atoms with Gasteiger partial charge in [-0.15, -0.1) is 0 Å². The summed E-state index contributed by atoms with van der Waals surface area (Å²) in [6, 6.07) is 0.700. The van der Waals surface area contributed by atoms with Crippen LogP contribution in [0.3, 0.4) is 0 Å². The third kappa shape index (κ3) is 2.83. The maximum atomic E-state index is 4.38. The van der Waals surface area contributed by atoms with Crippen LogP contribution in [0.1, 0.15) is 25.6 Å². The normalized spacial score (nSPS) is 23.2. The Hall–Kier alpha value is -0.870. The molecule has 0 bridgehead atoms. The van der Waals surface area contributed by atoms with Crippen molar-refractivity contribution in [3.63, 3.8) is 0 Å². The zero-order valence-electron chi connectivity index (χ0n) is 10.3. The molecule has 1 aliphatic rings. The number of imidazole rings is 1. The van der Waals surface area contributed by atoms with Gasteiger partial charge in [-0.3, -0.25) is 4.90 Å². The SMILES string of the molecule is CCC1CCN(Cc2nccn2C)CCN1. The molecule has 1 unspecified atom stereocenters. The first-order valence-electron chi connectivity index (χ1n) is 6.21. The molecule has 90 valence electrons. The van der Waals surface area contributed by atoms with Crippen LogP contribution in [0.2, 0.25) is 0 Å². The van der Waals surface area contributed by atoms with E-state index in [1.807, 2.05) is 12.4 Å². The van der Waals surface area contributed by atoms with Crippen molar-refractivity contribution >= 4 is 0 Å². The highest BCUT2D eigenvalue weighted by atomic mass is 15.2. The topological polar surface area (TPSA) is 33.1 Å². The lowest BCUT2D eigenvalue weighted by atomic mass is 10.1. The predicted molar refractivity (Wildman–Crippen MR) is 65.2 cm³/mol. The average Bonchev–Trinajstić information content (AvgIpc) is 2.56. The van der Waals surface area contributed by atoms with Gasteiger partial charge in [-0.05, 0) is 12.8 Å². The van der Waals surface area contributed by atoms with Gasteiger partial charge in [-0.2, -0.15) is 0 Å². The van der Waals surface area contributed by atoms with Gasteiger partial charge in [0.25, 0.3) is 0 Å². The maximum Gasteiger partial charge on any atom is 0.122 e. The molecule has 0 aliphatic carbocycles. The molecule has 2 heterocycles. The van der Waals surface area contributed by atoms with Crippen LogP contribution in [0.15, 0.2) is 12.4 Å². The Labute approximate surface area is 97.7 Å². The molecule has 0 spiro atoms. The monoisotopic (exact) mass is 222 g/mol. The highest BCUT2D eigenvalue weighted by molar-refractivity contribution is 4.91. The van der Waals surface area contributed by atoms with Crippen molar-refractivity contribution in [1.82, 2.24) is 19.8 Å². The standard InChI is InChI=1S/C12H22N4/c1-3-11-4-7-16(9-6-13-11)10-12-14-5-8-15(12)2/h5,8,11,13H,3-4,6-7,9-10H2,1-2H3. The van der Waals surface area contributed by atoms with Gasteiger partial charge in [0.1, 0.15) is 5.82 Å².